The molecule has 0 saturated carbocycles. The highest BCUT2D eigenvalue weighted by Crippen LogP contribution is 2.45. The molecule has 28 heavy (non-hydrogen) atoms. The highest BCUT2D eigenvalue weighted by molar-refractivity contribution is 9.10. The number of fused-ring (bicyclic) bond motifs is 1. The predicted octanol–water partition coefficient (Wildman–Crippen LogP) is 5.54. The van der Waals surface area contributed by atoms with E-state index in [1.54, 1.807) is 0 Å². The molecule has 1 saturated heterocycles. The van der Waals surface area contributed by atoms with Crippen molar-refractivity contribution in [2.45, 2.75) is 11.9 Å². The Morgan fingerprint density at radius 3 is 2.57 bits per heavy atom. The largest absolute Gasteiger partial charge is 0.386 e. The van der Waals surface area contributed by atoms with E-state index in [2.05, 4.69) is 39.3 Å². The first-order valence-corrected chi connectivity index (χ1v) is 10.3. The minimum absolute atomic E-state index is 0.00808. The van der Waals surface area contributed by atoms with Gasteiger partial charge in [0.15, 0.2) is 6.10 Å². The standard InChI is InChI=1S/C22H17BrClNO3/c23-17-3-1-2-14(12-17)21-19-13-16(6-9-20(19)25-28-21)22(26-10-11-27-22)15-4-7-18(24)8-5-15/h1-9,12-13,19,21H,10-11H2. The Hall–Kier alpha value is -1.92. The number of oxime groups is 1. The summed E-state index contributed by atoms with van der Waals surface area (Å²) in [6.07, 6.45) is 5.95. The van der Waals surface area contributed by atoms with Crippen molar-refractivity contribution >= 4 is 33.2 Å². The maximum Gasteiger partial charge on any atom is 0.222 e. The quantitative estimate of drug-likeness (QED) is 0.606. The lowest BCUT2D eigenvalue weighted by Gasteiger charge is -2.32. The van der Waals surface area contributed by atoms with Crippen LogP contribution in [0.5, 0.6) is 0 Å². The van der Waals surface area contributed by atoms with Gasteiger partial charge in [-0.05, 0) is 35.9 Å². The number of rotatable bonds is 3. The number of nitrogens with zero attached hydrogens (tertiary/aromatic N) is 1. The van der Waals surface area contributed by atoms with Crippen LogP contribution in [-0.2, 0) is 20.1 Å². The van der Waals surface area contributed by atoms with Gasteiger partial charge in [-0.15, -0.1) is 0 Å². The third-order valence-corrected chi connectivity index (χ3v) is 5.95. The van der Waals surface area contributed by atoms with Crippen molar-refractivity contribution in [2.75, 3.05) is 13.2 Å². The first-order chi connectivity index (χ1) is 13.7. The Morgan fingerprint density at radius 2 is 1.82 bits per heavy atom. The van der Waals surface area contributed by atoms with Crippen LogP contribution >= 0.6 is 27.5 Å². The van der Waals surface area contributed by atoms with Gasteiger partial charge in [0.2, 0.25) is 5.79 Å². The van der Waals surface area contributed by atoms with Crippen molar-refractivity contribution in [3.05, 3.63) is 93.0 Å². The molecule has 0 spiro atoms. The minimum atomic E-state index is -0.934. The maximum atomic E-state index is 6.14. The van der Waals surface area contributed by atoms with Crippen molar-refractivity contribution in [1.29, 1.82) is 0 Å². The molecule has 1 aliphatic carbocycles. The lowest BCUT2D eigenvalue weighted by molar-refractivity contribution is -0.131. The second-order valence-electron chi connectivity index (χ2n) is 6.90. The van der Waals surface area contributed by atoms with Gasteiger partial charge in [-0.1, -0.05) is 69.1 Å². The maximum absolute atomic E-state index is 6.14. The topological polar surface area (TPSA) is 40.0 Å². The Labute approximate surface area is 176 Å². The van der Waals surface area contributed by atoms with Gasteiger partial charge in [0.1, 0.15) is 0 Å². The van der Waals surface area contributed by atoms with E-state index in [0.29, 0.717) is 18.2 Å². The molecule has 0 radical (unpaired) electrons. The molecule has 2 atom stereocenters. The summed E-state index contributed by atoms with van der Waals surface area (Å²) >= 11 is 9.61. The zero-order chi connectivity index (χ0) is 19.1. The minimum Gasteiger partial charge on any atom is -0.386 e. The van der Waals surface area contributed by atoms with Crippen LogP contribution in [0.3, 0.4) is 0 Å². The van der Waals surface area contributed by atoms with Crippen LogP contribution in [0.15, 0.2) is 82.0 Å². The predicted molar refractivity (Wildman–Crippen MR) is 111 cm³/mol. The van der Waals surface area contributed by atoms with E-state index in [1.165, 1.54) is 0 Å². The second-order valence-corrected chi connectivity index (χ2v) is 8.25. The Kier molecular flexibility index (Phi) is 4.63. The summed E-state index contributed by atoms with van der Waals surface area (Å²) in [6, 6.07) is 15.7. The Morgan fingerprint density at radius 1 is 1.04 bits per heavy atom. The van der Waals surface area contributed by atoms with Crippen LogP contribution in [0.4, 0.5) is 0 Å². The molecule has 1 fully saturated rings. The van der Waals surface area contributed by atoms with Crippen LogP contribution in [-0.4, -0.2) is 18.9 Å². The summed E-state index contributed by atoms with van der Waals surface area (Å²) in [5.74, 6) is -0.942. The van der Waals surface area contributed by atoms with E-state index in [1.807, 2.05) is 48.6 Å². The number of allylic oxidation sites excluding steroid dienone is 1. The fourth-order valence-corrected chi connectivity index (χ4v) is 4.43. The zero-order valence-corrected chi connectivity index (χ0v) is 17.2. The lowest BCUT2D eigenvalue weighted by Crippen LogP contribution is -2.31. The van der Waals surface area contributed by atoms with E-state index in [9.17, 15) is 0 Å². The summed E-state index contributed by atoms with van der Waals surface area (Å²) in [5.41, 5.74) is 3.83. The lowest BCUT2D eigenvalue weighted by atomic mass is 9.83. The van der Waals surface area contributed by atoms with E-state index >= 15 is 0 Å². The fraction of sp³-hybridized carbons (Fsp3) is 0.227. The molecular formula is C22H17BrClNO3. The van der Waals surface area contributed by atoms with Gasteiger partial charge >= 0.3 is 0 Å². The molecule has 0 N–H and O–H groups in total. The first kappa shape index (κ1) is 18.1. The van der Waals surface area contributed by atoms with Crippen molar-refractivity contribution < 1.29 is 14.3 Å². The van der Waals surface area contributed by atoms with Gasteiger partial charge < -0.3 is 14.3 Å². The molecule has 4 nitrogen and oxygen atoms in total. The summed E-state index contributed by atoms with van der Waals surface area (Å²) in [6.45, 7) is 1.07. The number of hydrogen-bond acceptors (Lipinski definition) is 4. The van der Waals surface area contributed by atoms with Crippen LogP contribution in [0.2, 0.25) is 5.02 Å². The van der Waals surface area contributed by atoms with Crippen LogP contribution in [0.25, 0.3) is 0 Å². The van der Waals surface area contributed by atoms with Crippen LogP contribution < -0.4 is 0 Å². The highest BCUT2D eigenvalue weighted by Gasteiger charge is 2.45. The molecule has 0 aromatic heterocycles. The average Bonchev–Trinajstić information content (AvgIpc) is 3.36. The molecule has 2 aliphatic heterocycles. The molecule has 2 heterocycles. The van der Waals surface area contributed by atoms with Gasteiger partial charge in [-0.2, -0.15) is 0 Å². The summed E-state index contributed by atoms with van der Waals surface area (Å²) in [4.78, 5) is 5.78. The molecule has 2 aromatic rings. The monoisotopic (exact) mass is 457 g/mol. The van der Waals surface area contributed by atoms with Crippen molar-refractivity contribution in [3.63, 3.8) is 0 Å². The summed E-state index contributed by atoms with van der Waals surface area (Å²) < 4.78 is 13.3. The first-order valence-electron chi connectivity index (χ1n) is 9.09. The molecule has 6 heteroatoms. The Bertz CT molecular complexity index is 993. The number of benzene rings is 2. The molecule has 142 valence electrons. The summed E-state index contributed by atoms with van der Waals surface area (Å²) in [5, 5.41) is 4.96. The molecular weight excluding hydrogens is 442 g/mol. The van der Waals surface area contributed by atoms with Crippen molar-refractivity contribution in [3.8, 4) is 0 Å². The van der Waals surface area contributed by atoms with Gasteiger partial charge in [0.05, 0.1) is 24.8 Å². The zero-order valence-electron chi connectivity index (χ0n) is 14.8. The van der Waals surface area contributed by atoms with Gasteiger partial charge in [-0.3, -0.25) is 0 Å². The van der Waals surface area contributed by atoms with Crippen molar-refractivity contribution in [2.24, 2.45) is 11.1 Å². The average molecular weight is 459 g/mol. The number of hydrogen-bond donors (Lipinski definition) is 0. The van der Waals surface area contributed by atoms with Gasteiger partial charge in [-0.25, -0.2) is 0 Å². The van der Waals surface area contributed by atoms with Crippen molar-refractivity contribution in [1.82, 2.24) is 0 Å². The van der Waals surface area contributed by atoms with Crippen LogP contribution in [0, 0.1) is 5.92 Å². The molecule has 0 bridgehead atoms. The molecule has 3 aliphatic rings. The van der Waals surface area contributed by atoms with E-state index < -0.39 is 5.79 Å². The van der Waals surface area contributed by atoms with Gasteiger partial charge in [0, 0.05) is 20.6 Å². The highest BCUT2D eigenvalue weighted by atomic mass is 79.9. The van der Waals surface area contributed by atoms with E-state index in [0.717, 1.165) is 26.9 Å². The normalized spacial score (nSPS) is 25.1. The third-order valence-electron chi connectivity index (χ3n) is 5.21. The Balaban J connectivity index is 1.54. The molecule has 2 aromatic carbocycles. The smallest absolute Gasteiger partial charge is 0.222 e. The SMILES string of the molecule is Clc1ccc(C2(C3=CC4C(=NOC4c4cccc(Br)c4)C=C3)OCCO2)cc1. The summed E-state index contributed by atoms with van der Waals surface area (Å²) in [7, 11) is 0. The van der Waals surface area contributed by atoms with Crippen LogP contribution in [0.1, 0.15) is 17.2 Å². The number of halogens is 2. The molecule has 0 amide bonds. The third kappa shape index (κ3) is 3.03. The fourth-order valence-electron chi connectivity index (χ4n) is 3.89. The molecule has 5 rings (SSSR count). The molecule has 2 unspecified atom stereocenters. The second kappa shape index (κ2) is 7.16. The van der Waals surface area contributed by atoms with E-state index in [4.69, 9.17) is 25.9 Å². The van der Waals surface area contributed by atoms with E-state index in [-0.39, 0.29) is 12.0 Å². The van der Waals surface area contributed by atoms with Gasteiger partial charge in [0.25, 0.3) is 0 Å². The number of ether oxygens (including phenoxy) is 2.